The van der Waals surface area contributed by atoms with E-state index in [1.807, 2.05) is 24.3 Å². The zero-order valence-electron chi connectivity index (χ0n) is 27.9. The lowest BCUT2D eigenvalue weighted by Crippen LogP contribution is -2.15. The molecule has 0 unspecified atom stereocenters. The minimum atomic E-state index is -0.0283. The molecule has 7 rings (SSSR count). The molecule has 0 amide bonds. The van der Waals surface area contributed by atoms with Crippen LogP contribution in [0.1, 0.15) is 72.9 Å². The molecule has 230 valence electrons. The molecule has 0 N–H and O–H groups in total. The molecule has 0 aliphatic rings. The lowest BCUT2D eigenvalue weighted by atomic mass is 9.98. The minimum Gasteiger partial charge on any atom is -0.309 e. The second-order valence-electron chi connectivity index (χ2n) is 13.6. The molecule has 2 heterocycles. The van der Waals surface area contributed by atoms with Gasteiger partial charge in [-0.05, 0) is 134 Å². The van der Waals surface area contributed by atoms with Crippen LogP contribution in [0.15, 0.2) is 94.5 Å². The summed E-state index contributed by atoms with van der Waals surface area (Å²) in [6.07, 6.45) is 0. The molecule has 0 aliphatic heterocycles. The number of aryl methyl sites for hydroxylation is 4. The third-order valence-electron chi connectivity index (χ3n) is 9.92. The van der Waals surface area contributed by atoms with Crippen LogP contribution in [0.25, 0.3) is 55.0 Å². The van der Waals surface area contributed by atoms with E-state index >= 15 is 0 Å². The molecule has 0 saturated carbocycles. The molecule has 46 heavy (non-hydrogen) atoms. The van der Waals surface area contributed by atoms with Crippen LogP contribution >= 0.6 is 0 Å². The standard InChI is InChI=1S/C42H40N2O2/c1-23(2)29-9-13-31(14-10-29)43-37-19-27(7)25(5)17-33(37)41(45)35-22-40-36(21-39(35)43)42(46)34-18-26(6)28(8)20-38(34)44(40)32-15-11-30(12-16-32)24(3)4/h9-24H,1-8H3. The van der Waals surface area contributed by atoms with Gasteiger partial charge in [-0.2, -0.15) is 0 Å². The third-order valence-corrected chi connectivity index (χ3v) is 9.92. The Bertz CT molecular complexity index is 2300. The Morgan fingerprint density at radius 3 is 1.02 bits per heavy atom. The molecular formula is C42H40N2O2. The molecule has 2 aromatic heterocycles. The van der Waals surface area contributed by atoms with Crippen molar-refractivity contribution in [3.8, 4) is 11.4 Å². The molecular weight excluding hydrogens is 564 g/mol. The topological polar surface area (TPSA) is 44.0 Å². The lowest BCUT2D eigenvalue weighted by Gasteiger charge is -2.21. The molecule has 0 saturated heterocycles. The summed E-state index contributed by atoms with van der Waals surface area (Å²) in [4.78, 5) is 28.9. The molecule has 0 atom stereocenters. The van der Waals surface area contributed by atoms with Crippen LogP contribution < -0.4 is 10.9 Å². The largest absolute Gasteiger partial charge is 0.309 e. The molecule has 0 radical (unpaired) electrons. The van der Waals surface area contributed by atoms with Crippen molar-refractivity contribution in [2.24, 2.45) is 0 Å². The molecule has 0 fully saturated rings. The van der Waals surface area contributed by atoms with Crippen LogP contribution in [0.2, 0.25) is 0 Å². The average Bonchev–Trinajstić information content (AvgIpc) is 3.03. The lowest BCUT2D eigenvalue weighted by molar-refractivity contribution is 0.865. The molecule has 4 heteroatoms. The van der Waals surface area contributed by atoms with Crippen molar-refractivity contribution in [2.45, 2.75) is 67.2 Å². The first-order valence-electron chi connectivity index (χ1n) is 16.2. The highest BCUT2D eigenvalue weighted by molar-refractivity contribution is 6.05. The smallest absolute Gasteiger partial charge is 0.197 e. The van der Waals surface area contributed by atoms with Crippen LogP contribution in [0.3, 0.4) is 0 Å². The maximum absolute atomic E-state index is 14.4. The highest BCUT2D eigenvalue weighted by atomic mass is 16.1. The second-order valence-corrected chi connectivity index (χ2v) is 13.6. The van der Waals surface area contributed by atoms with Gasteiger partial charge in [0.1, 0.15) is 0 Å². The fourth-order valence-electron chi connectivity index (χ4n) is 6.77. The Labute approximate surface area is 269 Å². The first-order valence-corrected chi connectivity index (χ1v) is 16.2. The summed E-state index contributed by atoms with van der Waals surface area (Å²) >= 11 is 0. The number of hydrogen-bond donors (Lipinski definition) is 0. The van der Waals surface area contributed by atoms with Crippen LogP contribution in [0, 0.1) is 27.7 Å². The van der Waals surface area contributed by atoms with Gasteiger partial charge in [-0.1, -0.05) is 52.0 Å². The molecule has 4 nitrogen and oxygen atoms in total. The summed E-state index contributed by atoms with van der Waals surface area (Å²) in [5, 5.41) is 2.52. The Hall–Kier alpha value is -4.96. The summed E-state index contributed by atoms with van der Waals surface area (Å²) < 4.78 is 4.32. The number of rotatable bonds is 4. The summed E-state index contributed by atoms with van der Waals surface area (Å²) in [5.74, 6) is 0.803. The van der Waals surface area contributed by atoms with Crippen LogP contribution in [0.4, 0.5) is 0 Å². The van der Waals surface area contributed by atoms with E-state index in [1.54, 1.807) is 0 Å². The summed E-state index contributed by atoms with van der Waals surface area (Å²) in [5.41, 5.74) is 11.9. The van der Waals surface area contributed by atoms with Gasteiger partial charge in [0.2, 0.25) is 0 Å². The van der Waals surface area contributed by atoms with Crippen molar-refractivity contribution >= 4 is 43.6 Å². The van der Waals surface area contributed by atoms with Gasteiger partial charge < -0.3 is 9.13 Å². The van der Waals surface area contributed by atoms with Gasteiger partial charge in [0, 0.05) is 32.9 Å². The predicted octanol–water partition coefficient (Wildman–Crippen LogP) is 10.1. The van der Waals surface area contributed by atoms with E-state index in [0.717, 1.165) is 55.7 Å². The van der Waals surface area contributed by atoms with Crippen molar-refractivity contribution in [1.82, 2.24) is 9.13 Å². The van der Waals surface area contributed by atoms with Crippen molar-refractivity contribution in [1.29, 1.82) is 0 Å². The van der Waals surface area contributed by atoms with Crippen molar-refractivity contribution in [3.05, 3.63) is 139 Å². The summed E-state index contributed by atoms with van der Waals surface area (Å²) in [6, 6.07) is 29.3. The number of nitrogens with zero attached hydrogens (tertiary/aromatic N) is 2. The zero-order chi connectivity index (χ0) is 32.6. The Kier molecular flexibility index (Phi) is 7.01. The van der Waals surface area contributed by atoms with Crippen LogP contribution in [-0.4, -0.2) is 9.13 Å². The van der Waals surface area contributed by atoms with Gasteiger partial charge in [-0.3, -0.25) is 9.59 Å². The molecule has 7 aromatic rings. The highest BCUT2D eigenvalue weighted by Gasteiger charge is 2.20. The van der Waals surface area contributed by atoms with E-state index < -0.39 is 0 Å². The monoisotopic (exact) mass is 604 g/mol. The Morgan fingerprint density at radius 2 is 0.696 bits per heavy atom. The van der Waals surface area contributed by atoms with E-state index in [4.69, 9.17) is 0 Å². The number of benzene rings is 5. The van der Waals surface area contributed by atoms with E-state index in [1.165, 1.54) is 11.1 Å². The van der Waals surface area contributed by atoms with Gasteiger partial charge in [-0.25, -0.2) is 0 Å². The maximum Gasteiger partial charge on any atom is 0.197 e. The molecule has 0 bridgehead atoms. The first kappa shape index (κ1) is 29.7. The van der Waals surface area contributed by atoms with E-state index in [2.05, 4.69) is 125 Å². The van der Waals surface area contributed by atoms with E-state index in [0.29, 0.717) is 33.4 Å². The maximum atomic E-state index is 14.4. The fraction of sp³-hybridized carbons (Fsp3) is 0.238. The van der Waals surface area contributed by atoms with Crippen LogP contribution in [0.5, 0.6) is 0 Å². The van der Waals surface area contributed by atoms with Gasteiger partial charge in [0.25, 0.3) is 0 Å². The Balaban J connectivity index is 1.69. The second kappa shape index (κ2) is 10.8. The average molecular weight is 605 g/mol. The van der Waals surface area contributed by atoms with Gasteiger partial charge in [0.15, 0.2) is 10.9 Å². The normalized spacial score (nSPS) is 12.0. The minimum absolute atomic E-state index is 0.0283. The summed E-state index contributed by atoms with van der Waals surface area (Å²) in [7, 11) is 0. The van der Waals surface area contributed by atoms with Gasteiger partial charge >= 0.3 is 0 Å². The quantitative estimate of drug-likeness (QED) is 0.188. The molecule has 5 aromatic carbocycles. The molecule has 0 aliphatic carbocycles. The number of pyridine rings is 2. The van der Waals surface area contributed by atoms with Crippen molar-refractivity contribution in [2.75, 3.05) is 0 Å². The van der Waals surface area contributed by atoms with E-state index in [9.17, 15) is 9.59 Å². The van der Waals surface area contributed by atoms with Gasteiger partial charge in [0.05, 0.1) is 22.1 Å². The third kappa shape index (κ3) is 4.58. The number of hydrogen-bond acceptors (Lipinski definition) is 2. The summed E-state index contributed by atoms with van der Waals surface area (Å²) in [6.45, 7) is 17.0. The highest BCUT2D eigenvalue weighted by Crippen LogP contribution is 2.33. The van der Waals surface area contributed by atoms with E-state index in [-0.39, 0.29) is 10.9 Å². The van der Waals surface area contributed by atoms with Gasteiger partial charge in [-0.15, -0.1) is 0 Å². The fourth-order valence-corrected chi connectivity index (χ4v) is 6.77. The predicted molar refractivity (Wildman–Crippen MR) is 195 cm³/mol. The van der Waals surface area contributed by atoms with Crippen molar-refractivity contribution < 1.29 is 0 Å². The number of aromatic nitrogens is 2. The van der Waals surface area contributed by atoms with Crippen molar-refractivity contribution in [3.63, 3.8) is 0 Å². The Morgan fingerprint density at radius 1 is 0.413 bits per heavy atom. The zero-order valence-corrected chi connectivity index (χ0v) is 27.9. The van der Waals surface area contributed by atoms with Crippen LogP contribution in [-0.2, 0) is 0 Å². The number of fused-ring (bicyclic) bond motifs is 4. The molecule has 0 spiro atoms. The SMILES string of the molecule is Cc1cc2c(=O)c3cc4c(cc3n(-c3ccc(C(C)C)cc3)c2cc1C)c(=O)c1cc(C)c(C)cc1n4-c1ccc(C(C)C)cc1. The first-order chi connectivity index (χ1) is 21.9.